The van der Waals surface area contributed by atoms with Crippen LogP contribution in [0.25, 0.3) is 44.1 Å². The van der Waals surface area contributed by atoms with Crippen LogP contribution >= 0.6 is 0 Å². The third-order valence-corrected chi connectivity index (χ3v) is 8.33. The van der Waals surface area contributed by atoms with Gasteiger partial charge in [-0.15, -0.1) is 0 Å². The van der Waals surface area contributed by atoms with Crippen LogP contribution in [0.15, 0.2) is 158 Å². The van der Waals surface area contributed by atoms with Crippen molar-refractivity contribution in [3.8, 4) is 11.4 Å². The molecule has 0 aliphatic rings. The molecule has 0 atom stereocenters. The molecule has 2 N–H and O–H groups in total. The number of nitrogens with zero attached hydrogens (tertiary/aromatic N) is 3. The first kappa shape index (κ1) is 25.0. The number of hydrogen-bond acceptors (Lipinski definition) is 2. The Morgan fingerprint density at radius 3 is 1.72 bits per heavy atom. The molecule has 0 saturated carbocycles. The largest absolute Gasteiger partial charge is 0.383 e. The normalized spacial score (nSPS) is 11.4. The van der Waals surface area contributed by atoms with Gasteiger partial charge in [-0.1, -0.05) is 109 Å². The van der Waals surface area contributed by atoms with Gasteiger partial charge in [-0.2, -0.15) is 0 Å². The Labute approximate surface area is 250 Å². The first-order valence-electron chi connectivity index (χ1n) is 14.6. The molecule has 0 radical (unpaired) electrons. The molecule has 2 heterocycles. The van der Waals surface area contributed by atoms with Crippen molar-refractivity contribution >= 4 is 49.9 Å². The molecule has 4 heteroatoms. The van der Waals surface area contributed by atoms with E-state index in [4.69, 9.17) is 5.73 Å². The van der Waals surface area contributed by atoms with E-state index in [0.29, 0.717) is 12.4 Å². The van der Waals surface area contributed by atoms with Gasteiger partial charge in [0.2, 0.25) is 0 Å². The highest BCUT2D eigenvalue weighted by Gasteiger charge is 2.27. The van der Waals surface area contributed by atoms with Gasteiger partial charge in [0.25, 0.3) is 0 Å². The first-order chi connectivity index (χ1) is 21.3. The SMILES string of the molecule is Nc1c(N(Cc2ccccc2)c2ccccc2)c2c(ccc3c4ccccc4n(-c4ccccc4)c32)n1-c1ccccc1. The summed E-state index contributed by atoms with van der Waals surface area (Å²) in [6.07, 6.45) is 0. The fourth-order valence-electron chi connectivity index (χ4n) is 6.48. The third-order valence-electron chi connectivity index (χ3n) is 8.33. The van der Waals surface area contributed by atoms with Crippen LogP contribution < -0.4 is 10.6 Å². The predicted molar refractivity (Wildman–Crippen MR) is 181 cm³/mol. The Kier molecular flexibility index (Phi) is 5.97. The van der Waals surface area contributed by atoms with E-state index in [-0.39, 0.29) is 0 Å². The van der Waals surface area contributed by atoms with E-state index in [0.717, 1.165) is 39.2 Å². The summed E-state index contributed by atoms with van der Waals surface area (Å²) in [6, 6.07) is 55.4. The molecule has 0 saturated heterocycles. The topological polar surface area (TPSA) is 39.1 Å². The molecule has 8 aromatic rings. The summed E-state index contributed by atoms with van der Waals surface area (Å²) in [5.41, 5.74) is 16.2. The van der Waals surface area contributed by atoms with Gasteiger partial charge in [0.15, 0.2) is 0 Å². The number of anilines is 3. The van der Waals surface area contributed by atoms with Crippen molar-refractivity contribution in [3.05, 3.63) is 163 Å². The summed E-state index contributed by atoms with van der Waals surface area (Å²) in [4.78, 5) is 2.37. The van der Waals surface area contributed by atoms with Crippen molar-refractivity contribution in [2.45, 2.75) is 6.54 Å². The predicted octanol–water partition coefficient (Wildman–Crippen LogP) is 9.65. The Hall–Kier alpha value is -5.74. The average molecular weight is 555 g/mol. The van der Waals surface area contributed by atoms with Gasteiger partial charge >= 0.3 is 0 Å². The van der Waals surface area contributed by atoms with Crippen molar-refractivity contribution in [2.24, 2.45) is 0 Å². The van der Waals surface area contributed by atoms with Gasteiger partial charge in [-0.05, 0) is 54.1 Å². The lowest BCUT2D eigenvalue weighted by Gasteiger charge is -2.26. The standard InChI is InChI=1S/C39H30N4/c40-39-38(41(29-17-7-2-8-18-29)27-28-15-5-1-6-16-28)36-35(43(39)31-21-11-4-12-22-31)26-25-33-32-23-13-14-24-34(32)42(37(33)36)30-19-9-3-10-20-30/h1-26H,27,40H2. The quantitative estimate of drug-likeness (QED) is 0.222. The molecular weight excluding hydrogens is 524 g/mol. The summed E-state index contributed by atoms with van der Waals surface area (Å²) in [6.45, 7) is 0.672. The van der Waals surface area contributed by atoms with E-state index < -0.39 is 0 Å². The monoisotopic (exact) mass is 554 g/mol. The maximum atomic E-state index is 7.33. The van der Waals surface area contributed by atoms with Crippen molar-refractivity contribution in [1.82, 2.24) is 9.13 Å². The van der Waals surface area contributed by atoms with E-state index in [1.165, 1.54) is 21.9 Å². The lowest BCUT2D eigenvalue weighted by Crippen LogP contribution is -2.18. The minimum atomic E-state index is 0.672. The minimum Gasteiger partial charge on any atom is -0.383 e. The Morgan fingerprint density at radius 1 is 0.488 bits per heavy atom. The molecule has 206 valence electrons. The fourth-order valence-corrected chi connectivity index (χ4v) is 6.48. The van der Waals surface area contributed by atoms with E-state index in [1.807, 2.05) is 6.07 Å². The maximum Gasteiger partial charge on any atom is 0.133 e. The van der Waals surface area contributed by atoms with Crippen LogP contribution in [-0.4, -0.2) is 9.13 Å². The second-order valence-electron chi connectivity index (χ2n) is 10.9. The number of hydrogen-bond donors (Lipinski definition) is 1. The number of nitrogen functional groups attached to an aromatic ring is 1. The first-order valence-corrected chi connectivity index (χ1v) is 14.6. The highest BCUT2D eigenvalue weighted by molar-refractivity contribution is 6.23. The van der Waals surface area contributed by atoms with E-state index in [9.17, 15) is 0 Å². The number of aromatic nitrogens is 2. The Morgan fingerprint density at radius 2 is 1.05 bits per heavy atom. The van der Waals surface area contributed by atoms with Crippen molar-refractivity contribution in [2.75, 3.05) is 10.6 Å². The molecule has 8 rings (SSSR count). The highest BCUT2D eigenvalue weighted by atomic mass is 15.2. The van der Waals surface area contributed by atoms with Crippen LogP contribution in [0.1, 0.15) is 5.56 Å². The van der Waals surface area contributed by atoms with Crippen LogP contribution in [-0.2, 0) is 6.54 Å². The smallest absolute Gasteiger partial charge is 0.133 e. The number of para-hydroxylation sites is 4. The van der Waals surface area contributed by atoms with E-state index in [1.54, 1.807) is 0 Å². The average Bonchev–Trinajstić information content (AvgIpc) is 3.57. The van der Waals surface area contributed by atoms with Gasteiger partial charge in [0, 0.05) is 34.4 Å². The zero-order chi connectivity index (χ0) is 28.8. The fraction of sp³-hybridized carbons (Fsp3) is 0.0256. The minimum absolute atomic E-state index is 0.672. The van der Waals surface area contributed by atoms with Gasteiger partial charge in [-0.25, -0.2) is 0 Å². The highest BCUT2D eigenvalue weighted by Crippen LogP contribution is 2.47. The summed E-state index contributed by atoms with van der Waals surface area (Å²) in [7, 11) is 0. The summed E-state index contributed by atoms with van der Waals surface area (Å²) in [5.74, 6) is 0.707. The molecular formula is C39H30N4. The van der Waals surface area contributed by atoms with Crippen molar-refractivity contribution in [1.29, 1.82) is 0 Å². The molecule has 4 nitrogen and oxygen atoms in total. The van der Waals surface area contributed by atoms with Crippen LogP contribution in [0, 0.1) is 0 Å². The van der Waals surface area contributed by atoms with Gasteiger partial charge in [-0.3, -0.25) is 4.57 Å². The lowest BCUT2D eigenvalue weighted by molar-refractivity contribution is 0.977. The van der Waals surface area contributed by atoms with Crippen LogP contribution in [0.2, 0.25) is 0 Å². The molecule has 0 aliphatic heterocycles. The zero-order valence-corrected chi connectivity index (χ0v) is 23.6. The van der Waals surface area contributed by atoms with Crippen molar-refractivity contribution < 1.29 is 0 Å². The molecule has 0 spiro atoms. The molecule has 0 bridgehead atoms. The number of rotatable bonds is 6. The molecule has 0 unspecified atom stereocenters. The van der Waals surface area contributed by atoms with Crippen LogP contribution in [0.3, 0.4) is 0 Å². The van der Waals surface area contributed by atoms with Gasteiger partial charge in [0.05, 0.1) is 27.6 Å². The summed E-state index contributed by atoms with van der Waals surface area (Å²) >= 11 is 0. The zero-order valence-electron chi connectivity index (χ0n) is 23.6. The number of nitrogens with two attached hydrogens (primary N) is 1. The lowest BCUT2D eigenvalue weighted by atomic mass is 10.1. The maximum absolute atomic E-state index is 7.33. The second-order valence-corrected chi connectivity index (χ2v) is 10.9. The second kappa shape index (κ2) is 10.3. The summed E-state index contributed by atoms with van der Waals surface area (Å²) < 4.78 is 4.61. The van der Waals surface area contributed by atoms with Crippen molar-refractivity contribution in [3.63, 3.8) is 0 Å². The third kappa shape index (κ3) is 4.07. The van der Waals surface area contributed by atoms with Crippen LogP contribution in [0.4, 0.5) is 17.2 Å². The molecule has 0 aliphatic carbocycles. The molecule has 43 heavy (non-hydrogen) atoms. The van der Waals surface area contributed by atoms with Gasteiger partial charge in [0.1, 0.15) is 5.82 Å². The van der Waals surface area contributed by atoms with Gasteiger partial charge < -0.3 is 15.2 Å². The molecule has 0 amide bonds. The number of benzene rings is 6. The molecule has 0 fully saturated rings. The molecule has 2 aromatic heterocycles. The van der Waals surface area contributed by atoms with Crippen LogP contribution in [0.5, 0.6) is 0 Å². The number of fused-ring (bicyclic) bond motifs is 5. The van der Waals surface area contributed by atoms with E-state index in [2.05, 4.69) is 166 Å². The molecule has 6 aromatic carbocycles. The Bertz CT molecular complexity index is 2200. The van der Waals surface area contributed by atoms with E-state index >= 15 is 0 Å². The summed E-state index contributed by atoms with van der Waals surface area (Å²) in [5, 5.41) is 3.54. The Balaban J connectivity index is 1.56.